The summed E-state index contributed by atoms with van der Waals surface area (Å²) in [4.78, 5) is 15.4. The Hall–Kier alpha value is -3.90. The number of rotatable bonds is 4. The van der Waals surface area contributed by atoms with E-state index in [2.05, 4.69) is 11.1 Å². The van der Waals surface area contributed by atoms with Gasteiger partial charge in [0.05, 0.1) is 23.9 Å². The molecule has 0 fully saturated rings. The average Bonchev–Trinajstić information content (AvgIpc) is 2.96. The lowest BCUT2D eigenvalue weighted by Gasteiger charge is -2.04. The molecule has 0 saturated heterocycles. The molecule has 0 amide bonds. The number of carboxylic acids is 1. The summed E-state index contributed by atoms with van der Waals surface area (Å²) in [6.07, 6.45) is 4.79. The normalized spacial score (nSPS) is 11.0. The summed E-state index contributed by atoms with van der Waals surface area (Å²) in [5.41, 5.74) is 2.35. The van der Waals surface area contributed by atoms with Crippen molar-refractivity contribution in [2.45, 2.75) is 6.54 Å². The molecule has 0 aliphatic rings. The lowest BCUT2D eigenvalue weighted by Crippen LogP contribution is -1.99. The van der Waals surface area contributed by atoms with E-state index in [0.717, 1.165) is 11.2 Å². The van der Waals surface area contributed by atoms with E-state index in [-0.39, 0.29) is 5.57 Å². The Balaban J connectivity index is 2.18. The van der Waals surface area contributed by atoms with E-state index in [1.165, 1.54) is 6.08 Å². The van der Waals surface area contributed by atoms with Gasteiger partial charge in [0, 0.05) is 28.9 Å². The van der Waals surface area contributed by atoms with Crippen molar-refractivity contribution in [2.75, 3.05) is 0 Å². The molecule has 0 saturated carbocycles. The van der Waals surface area contributed by atoms with Crippen molar-refractivity contribution in [2.24, 2.45) is 0 Å². The monoisotopic (exact) mass is 328 g/mol. The first-order chi connectivity index (χ1) is 12.1. The van der Waals surface area contributed by atoms with Gasteiger partial charge in [0.15, 0.2) is 0 Å². The highest BCUT2D eigenvalue weighted by Gasteiger charge is 2.12. The van der Waals surface area contributed by atoms with Crippen molar-refractivity contribution in [1.82, 2.24) is 9.55 Å². The first kappa shape index (κ1) is 16.0. The predicted octanol–water partition coefficient (Wildman–Crippen LogP) is 2.95. The molecule has 1 aromatic carbocycles. The number of nitriles is 2. The molecule has 0 aliphatic heterocycles. The van der Waals surface area contributed by atoms with Gasteiger partial charge >= 0.3 is 5.97 Å². The van der Waals surface area contributed by atoms with Gasteiger partial charge in [0.1, 0.15) is 11.6 Å². The molecule has 120 valence electrons. The number of nitrogens with zero attached hydrogens (tertiary/aromatic N) is 4. The zero-order chi connectivity index (χ0) is 17.8. The van der Waals surface area contributed by atoms with Crippen LogP contribution in [-0.2, 0) is 11.3 Å². The number of carbonyl (C=O) groups is 1. The molecular weight excluding hydrogens is 316 g/mol. The Labute approximate surface area is 143 Å². The summed E-state index contributed by atoms with van der Waals surface area (Å²) >= 11 is 0. The molecular formula is C19H12N4O2. The van der Waals surface area contributed by atoms with Gasteiger partial charge in [-0.15, -0.1) is 0 Å². The maximum atomic E-state index is 11.1. The van der Waals surface area contributed by atoms with Crippen LogP contribution in [0.2, 0.25) is 0 Å². The molecule has 3 rings (SSSR count). The van der Waals surface area contributed by atoms with Gasteiger partial charge < -0.3 is 9.67 Å². The van der Waals surface area contributed by atoms with Gasteiger partial charge in [-0.3, -0.25) is 4.98 Å². The van der Waals surface area contributed by atoms with Gasteiger partial charge in [-0.2, -0.15) is 10.5 Å². The minimum Gasteiger partial charge on any atom is -0.477 e. The summed E-state index contributed by atoms with van der Waals surface area (Å²) in [5.74, 6) is -1.29. The second kappa shape index (κ2) is 6.69. The molecule has 0 radical (unpaired) electrons. The van der Waals surface area contributed by atoms with Crippen LogP contribution in [0.5, 0.6) is 0 Å². The van der Waals surface area contributed by atoms with E-state index in [1.54, 1.807) is 36.7 Å². The summed E-state index contributed by atoms with van der Waals surface area (Å²) < 4.78 is 1.92. The van der Waals surface area contributed by atoms with Crippen LogP contribution >= 0.6 is 0 Å². The van der Waals surface area contributed by atoms with E-state index in [4.69, 9.17) is 15.6 Å². The van der Waals surface area contributed by atoms with Gasteiger partial charge in [0.2, 0.25) is 0 Å². The molecule has 0 bridgehead atoms. The van der Waals surface area contributed by atoms with E-state index in [9.17, 15) is 4.79 Å². The minimum absolute atomic E-state index is 0.362. The van der Waals surface area contributed by atoms with Crippen LogP contribution in [0, 0.1) is 22.7 Å². The van der Waals surface area contributed by atoms with Crippen LogP contribution in [0.25, 0.3) is 17.0 Å². The number of benzene rings is 1. The van der Waals surface area contributed by atoms with Crippen LogP contribution in [0.1, 0.15) is 16.8 Å². The SMILES string of the molecule is N#C/C(=C\c1cn(Cc2ccccn2)c2ccc(C#N)cc12)C(=O)O. The van der Waals surface area contributed by atoms with Crippen molar-refractivity contribution in [1.29, 1.82) is 10.5 Å². The maximum absolute atomic E-state index is 11.1. The Bertz CT molecular complexity index is 1070. The summed E-state index contributed by atoms with van der Waals surface area (Å²) in [6.45, 7) is 0.492. The Morgan fingerprint density at radius 2 is 2.12 bits per heavy atom. The summed E-state index contributed by atoms with van der Waals surface area (Å²) in [5, 5.41) is 27.9. The fourth-order valence-electron chi connectivity index (χ4n) is 2.60. The predicted molar refractivity (Wildman–Crippen MR) is 91.2 cm³/mol. The topological polar surface area (TPSA) is 103 Å². The second-order valence-corrected chi connectivity index (χ2v) is 5.35. The van der Waals surface area contributed by atoms with Gasteiger partial charge in [-0.25, -0.2) is 4.79 Å². The van der Waals surface area contributed by atoms with Crippen LogP contribution in [0.4, 0.5) is 0 Å². The second-order valence-electron chi connectivity index (χ2n) is 5.35. The van der Waals surface area contributed by atoms with Crippen molar-refractivity contribution < 1.29 is 9.90 Å². The molecule has 0 aliphatic carbocycles. The quantitative estimate of drug-likeness (QED) is 0.586. The number of carboxylic acid groups (broad SMARTS) is 1. The third-order valence-corrected chi connectivity index (χ3v) is 3.75. The maximum Gasteiger partial charge on any atom is 0.346 e. The van der Waals surface area contributed by atoms with E-state index >= 15 is 0 Å². The van der Waals surface area contributed by atoms with Gasteiger partial charge in [-0.05, 0) is 36.4 Å². The van der Waals surface area contributed by atoms with Gasteiger partial charge in [-0.1, -0.05) is 6.07 Å². The molecule has 25 heavy (non-hydrogen) atoms. The van der Waals surface area contributed by atoms with Crippen molar-refractivity contribution in [3.8, 4) is 12.1 Å². The smallest absolute Gasteiger partial charge is 0.346 e. The highest BCUT2D eigenvalue weighted by Crippen LogP contribution is 2.25. The fraction of sp³-hybridized carbons (Fsp3) is 0.0526. The van der Waals surface area contributed by atoms with E-state index in [0.29, 0.717) is 23.1 Å². The summed E-state index contributed by atoms with van der Waals surface area (Å²) in [7, 11) is 0. The van der Waals surface area contributed by atoms with Crippen molar-refractivity contribution in [3.05, 3.63) is 71.2 Å². The Kier molecular flexibility index (Phi) is 4.28. The van der Waals surface area contributed by atoms with E-state index < -0.39 is 5.97 Å². The fourth-order valence-corrected chi connectivity index (χ4v) is 2.60. The van der Waals surface area contributed by atoms with Crippen LogP contribution in [-0.4, -0.2) is 20.6 Å². The van der Waals surface area contributed by atoms with Crippen molar-refractivity contribution >= 4 is 22.9 Å². The minimum atomic E-state index is -1.29. The molecule has 3 aromatic rings. The first-order valence-electron chi connectivity index (χ1n) is 7.40. The molecule has 0 atom stereocenters. The molecule has 0 unspecified atom stereocenters. The van der Waals surface area contributed by atoms with Crippen LogP contribution in [0.15, 0.2) is 54.4 Å². The molecule has 2 aromatic heterocycles. The number of hydrogen-bond acceptors (Lipinski definition) is 4. The highest BCUT2D eigenvalue weighted by atomic mass is 16.4. The molecule has 0 spiro atoms. The molecule has 6 nitrogen and oxygen atoms in total. The summed E-state index contributed by atoms with van der Waals surface area (Å²) in [6, 6.07) is 14.6. The average molecular weight is 328 g/mol. The largest absolute Gasteiger partial charge is 0.477 e. The highest BCUT2D eigenvalue weighted by molar-refractivity contribution is 6.00. The first-order valence-corrected chi connectivity index (χ1v) is 7.40. The number of aromatic nitrogens is 2. The van der Waals surface area contributed by atoms with Crippen LogP contribution in [0.3, 0.4) is 0 Å². The standard InChI is InChI=1S/C19H12N4O2/c20-9-13-4-5-18-17(7-13)15(8-14(10-21)19(24)25)11-23(18)12-16-3-1-2-6-22-16/h1-8,11H,12H2,(H,24,25)/b14-8+. The molecule has 2 heterocycles. The van der Waals surface area contributed by atoms with Crippen LogP contribution < -0.4 is 0 Å². The Morgan fingerprint density at radius 1 is 1.28 bits per heavy atom. The lowest BCUT2D eigenvalue weighted by molar-refractivity contribution is -0.132. The zero-order valence-corrected chi connectivity index (χ0v) is 13.0. The third kappa shape index (κ3) is 3.24. The molecule has 6 heteroatoms. The van der Waals surface area contributed by atoms with Crippen molar-refractivity contribution in [3.63, 3.8) is 0 Å². The number of aliphatic carboxylic acids is 1. The number of fused-ring (bicyclic) bond motifs is 1. The Morgan fingerprint density at radius 3 is 2.76 bits per heavy atom. The number of hydrogen-bond donors (Lipinski definition) is 1. The number of pyridine rings is 1. The zero-order valence-electron chi connectivity index (χ0n) is 13.0. The van der Waals surface area contributed by atoms with E-state index in [1.807, 2.05) is 22.8 Å². The molecule has 1 N–H and O–H groups in total. The van der Waals surface area contributed by atoms with Gasteiger partial charge in [0.25, 0.3) is 0 Å². The third-order valence-electron chi connectivity index (χ3n) is 3.75. The lowest BCUT2D eigenvalue weighted by atomic mass is 10.1.